The maximum absolute atomic E-state index is 13.9. The largest absolute Gasteiger partial charge is 0.494 e. The van der Waals surface area contributed by atoms with Crippen molar-refractivity contribution in [2.24, 2.45) is 0 Å². The van der Waals surface area contributed by atoms with Crippen LogP contribution in [0.25, 0.3) is 16.6 Å². The zero-order chi connectivity index (χ0) is 27.9. The Morgan fingerprint density at radius 3 is 2.15 bits per heavy atom. The zero-order valence-corrected chi connectivity index (χ0v) is 22.9. The van der Waals surface area contributed by atoms with Gasteiger partial charge in [-0.15, -0.1) is 0 Å². The number of carbonyl (C=O) groups is 1. The van der Waals surface area contributed by atoms with Crippen molar-refractivity contribution in [3.8, 4) is 11.4 Å². The summed E-state index contributed by atoms with van der Waals surface area (Å²) in [5.74, 6) is 1.22. The molecule has 0 aliphatic carbocycles. The Labute approximate surface area is 234 Å². The van der Waals surface area contributed by atoms with Crippen LogP contribution in [0.3, 0.4) is 0 Å². The molecule has 5 rings (SSSR count). The van der Waals surface area contributed by atoms with E-state index in [1.165, 1.54) is 0 Å². The smallest absolute Gasteiger partial charge is 0.266 e. The van der Waals surface area contributed by atoms with Crippen molar-refractivity contribution in [2.75, 3.05) is 13.2 Å². The number of para-hydroxylation sites is 1. The van der Waals surface area contributed by atoms with Crippen molar-refractivity contribution in [1.82, 2.24) is 14.5 Å². The molecule has 0 N–H and O–H groups in total. The third-order valence-corrected chi connectivity index (χ3v) is 7.05. The van der Waals surface area contributed by atoms with E-state index in [2.05, 4.69) is 12.1 Å². The molecule has 6 nitrogen and oxygen atoms in total. The fraction of sp³-hybridized carbons (Fsp3) is 0.206. The van der Waals surface area contributed by atoms with Gasteiger partial charge in [0.15, 0.2) is 0 Å². The third kappa shape index (κ3) is 5.96. The lowest BCUT2D eigenvalue weighted by atomic mass is 10.1. The summed E-state index contributed by atoms with van der Waals surface area (Å²) >= 11 is 0. The molecule has 6 heteroatoms. The van der Waals surface area contributed by atoms with E-state index in [-0.39, 0.29) is 17.9 Å². The Kier molecular flexibility index (Phi) is 8.35. The summed E-state index contributed by atoms with van der Waals surface area (Å²) in [7, 11) is 0. The summed E-state index contributed by atoms with van der Waals surface area (Å²) in [4.78, 5) is 34.6. The van der Waals surface area contributed by atoms with Gasteiger partial charge < -0.3 is 9.64 Å². The minimum Gasteiger partial charge on any atom is -0.494 e. The van der Waals surface area contributed by atoms with Crippen molar-refractivity contribution in [3.05, 3.63) is 136 Å². The van der Waals surface area contributed by atoms with Gasteiger partial charge in [0, 0.05) is 6.54 Å². The highest BCUT2D eigenvalue weighted by Gasteiger charge is 2.27. The molecule has 5 aromatic rings. The molecular weight excluding hydrogens is 498 g/mol. The number of benzene rings is 4. The molecule has 0 spiro atoms. The average Bonchev–Trinajstić information content (AvgIpc) is 2.99. The molecule has 0 radical (unpaired) electrons. The summed E-state index contributed by atoms with van der Waals surface area (Å²) in [5.41, 5.74) is 3.19. The second kappa shape index (κ2) is 12.4. The summed E-state index contributed by atoms with van der Waals surface area (Å²) in [6, 6.07) is 34.2. The first-order valence-electron chi connectivity index (χ1n) is 13.7. The van der Waals surface area contributed by atoms with Crippen molar-refractivity contribution in [3.63, 3.8) is 0 Å². The van der Waals surface area contributed by atoms with Gasteiger partial charge in [-0.1, -0.05) is 72.8 Å². The predicted molar refractivity (Wildman–Crippen MR) is 159 cm³/mol. The number of hydrogen-bond acceptors (Lipinski definition) is 4. The lowest BCUT2D eigenvalue weighted by Crippen LogP contribution is -2.39. The number of hydrogen-bond donors (Lipinski definition) is 0. The van der Waals surface area contributed by atoms with E-state index in [1.54, 1.807) is 10.6 Å². The number of rotatable bonds is 10. The molecule has 202 valence electrons. The summed E-state index contributed by atoms with van der Waals surface area (Å²) in [6.45, 7) is 4.93. The number of amides is 1. The predicted octanol–water partition coefficient (Wildman–Crippen LogP) is 6.16. The fourth-order valence-electron chi connectivity index (χ4n) is 4.98. The van der Waals surface area contributed by atoms with E-state index in [0.29, 0.717) is 42.0 Å². The van der Waals surface area contributed by atoms with Crippen molar-refractivity contribution in [2.45, 2.75) is 32.7 Å². The number of ether oxygens (including phenoxy) is 1. The van der Waals surface area contributed by atoms with Crippen molar-refractivity contribution in [1.29, 1.82) is 0 Å². The van der Waals surface area contributed by atoms with Gasteiger partial charge in [-0.05, 0) is 67.8 Å². The Balaban J connectivity index is 1.59. The van der Waals surface area contributed by atoms with E-state index in [1.807, 2.05) is 110 Å². The summed E-state index contributed by atoms with van der Waals surface area (Å²) < 4.78 is 7.25. The molecule has 4 aromatic carbocycles. The SMILES string of the molecule is CCOc1ccc(-n2c(C(C)N(CCc3ccccc3)C(=O)Cc3ccccc3)nc3ccccc3c2=O)cc1. The number of nitrogens with zero attached hydrogens (tertiary/aromatic N) is 3. The second-order valence-electron chi connectivity index (χ2n) is 9.72. The Bertz CT molecular complexity index is 1630. The van der Waals surface area contributed by atoms with Gasteiger partial charge in [0.2, 0.25) is 5.91 Å². The minimum absolute atomic E-state index is 0.0183. The quantitative estimate of drug-likeness (QED) is 0.217. The standard InChI is InChI=1S/C34H33N3O3/c1-3-40-29-20-18-28(19-21-29)37-33(35-31-17-11-10-16-30(31)34(37)39)25(2)36(23-22-26-12-6-4-7-13-26)32(38)24-27-14-8-5-9-15-27/h4-21,25H,3,22-24H2,1-2H3. The molecule has 1 heterocycles. The van der Waals surface area contributed by atoms with Crippen molar-refractivity contribution < 1.29 is 9.53 Å². The van der Waals surface area contributed by atoms with Gasteiger partial charge in [-0.3, -0.25) is 14.2 Å². The van der Waals surface area contributed by atoms with E-state index in [0.717, 1.165) is 16.9 Å². The Morgan fingerprint density at radius 1 is 0.850 bits per heavy atom. The Morgan fingerprint density at radius 2 is 1.48 bits per heavy atom. The Hall–Kier alpha value is -4.71. The van der Waals surface area contributed by atoms with Crippen LogP contribution in [0.1, 0.15) is 36.8 Å². The molecule has 0 saturated carbocycles. The maximum atomic E-state index is 13.9. The van der Waals surface area contributed by atoms with Gasteiger partial charge in [-0.2, -0.15) is 0 Å². The first-order chi connectivity index (χ1) is 19.5. The molecule has 40 heavy (non-hydrogen) atoms. The monoisotopic (exact) mass is 531 g/mol. The van der Waals surface area contributed by atoms with Gasteiger partial charge in [-0.25, -0.2) is 4.98 Å². The number of carbonyl (C=O) groups excluding carboxylic acids is 1. The molecule has 1 unspecified atom stereocenters. The molecule has 0 fully saturated rings. The van der Waals surface area contributed by atoms with Gasteiger partial charge in [0.05, 0.1) is 35.7 Å². The lowest BCUT2D eigenvalue weighted by molar-refractivity contribution is -0.132. The van der Waals surface area contributed by atoms with Crippen LogP contribution in [-0.2, 0) is 17.6 Å². The van der Waals surface area contributed by atoms with Gasteiger partial charge in [0.1, 0.15) is 11.6 Å². The maximum Gasteiger partial charge on any atom is 0.266 e. The van der Waals surface area contributed by atoms with Crippen LogP contribution in [0.5, 0.6) is 5.75 Å². The molecule has 0 aliphatic rings. The van der Waals surface area contributed by atoms with E-state index in [9.17, 15) is 9.59 Å². The normalized spacial score (nSPS) is 11.8. The first kappa shape index (κ1) is 26.9. The lowest BCUT2D eigenvalue weighted by Gasteiger charge is -2.31. The van der Waals surface area contributed by atoms with Crippen LogP contribution in [0.15, 0.2) is 114 Å². The average molecular weight is 532 g/mol. The molecule has 0 saturated heterocycles. The topological polar surface area (TPSA) is 64.4 Å². The van der Waals surface area contributed by atoms with E-state index >= 15 is 0 Å². The highest BCUT2D eigenvalue weighted by molar-refractivity contribution is 5.80. The summed E-state index contributed by atoms with van der Waals surface area (Å²) in [5, 5.41) is 0.527. The van der Waals surface area contributed by atoms with Gasteiger partial charge >= 0.3 is 0 Å². The van der Waals surface area contributed by atoms with Crippen LogP contribution in [0.4, 0.5) is 0 Å². The van der Waals surface area contributed by atoms with Crippen LogP contribution in [-0.4, -0.2) is 33.5 Å². The number of aromatic nitrogens is 2. The minimum atomic E-state index is -0.469. The van der Waals surface area contributed by atoms with E-state index < -0.39 is 6.04 Å². The molecule has 0 aliphatic heterocycles. The van der Waals surface area contributed by atoms with Crippen molar-refractivity contribution >= 4 is 16.8 Å². The highest BCUT2D eigenvalue weighted by atomic mass is 16.5. The van der Waals surface area contributed by atoms with E-state index in [4.69, 9.17) is 9.72 Å². The summed E-state index contributed by atoms with van der Waals surface area (Å²) in [6.07, 6.45) is 0.952. The fourth-order valence-corrected chi connectivity index (χ4v) is 4.98. The first-order valence-corrected chi connectivity index (χ1v) is 13.7. The van der Waals surface area contributed by atoms with Crippen LogP contribution >= 0.6 is 0 Å². The second-order valence-corrected chi connectivity index (χ2v) is 9.72. The molecule has 0 bridgehead atoms. The van der Waals surface area contributed by atoms with Gasteiger partial charge in [0.25, 0.3) is 5.56 Å². The highest BCUT2D eigenvalue weighted by Crippen LogP contribution is 2.25. The molecular formula is C34H33N3O3. The number of fused-ring (bicyclic) bond motifs is 1. The molecule has 1 amide bonds. The van der Waals surface area contributed by atoms with Crippen LogP contribution < -0.4 is 10.3 Å². The third-order valence-electron chi connectivity index (χ3n) is 7.05. The van der Waals surface area contributed by atoms with Crippen LogP contribution in [0, 0.1) is 0 Å². The zero-order valence-electron chi connectivity index (χ0n) is 22.9. The van der Waals surface area contributed by atoms with Crippen LogP contribution in [0.2, 0.25) is 0 Å². The molecule has 1 atom stereocenters. The molecule has 1 aromatic heterocycles.